The van der Waals surface area contributed by atoms with E-state index in [0.29, 0.717) is 37.7 Å². The Bertz CT molecular complexity index is 922. The van der Waals surface area contributed by atoms with Gasteiger partial charge in [0.1, 0.15) is 16.4 Å². The second kappa shape index (κ2) is 9.43. The van der Waals surface area contributed by atoms with Crippen LogP contribution in [0, 0.1) is 0 Å². The summed E-state index contributed by atoms with van der Waals surface area (Å²) in [6.07, 6.45) is 3.29. The van der Waals surface area contributed by atoms with Gasteiger partial charge in [-0.25, -0.2) is 8.42 Å². The van der Waals surface area contributed by atoms with Crippen molar-refractivity contribution in [2.45, 2.75) is 31.2 Å². The Hall–Kier alpha value is -2.36. The maximum Gasteiger partial charge on any atom is 0.246 e. The molecule has 1 N–H and O–H groups in total. The summed E-state index contributed by atoms with van der Waals surface area (Å²) in [5, 5.41) is 2.78. The number of anilines is 1. The number of furan rings is 1. The highest BCUT2D eigenvalue weighted by Crippen LogP contribution is 2.31. The molecule has 0 unspecified atom stereocenters. The van der Waals surface area contributed by atoms with E-state index in [-0.39, 0.29) is 17.3 Å². The second-order valence-corrected chi connectivity index (χ2v) is 8.91. The van der Waals surface area contributed by atoms with Crippen LogP contribution in [0.3, 0.4) is 0 Å². The van der Waals surface area contributed by atoms with Gasteiger partial charge in [0.2, 0.25) is 15.9 Å². The van der Waals surface area contributed by atoms with E-state index < -0.39 is 10.0 Å². The number of amides is 1. The largest absolute Gasteiger partial charge is 0.492 e. The van der Waals surface area contributed by atoms with E-state index in [1.807, 2.05) is 18.0 Å². The first-order chi connectivity index (χ1) is 13.9. The molecular weight excluding hydrogens is 394 g/mol. The summed E-state index contributed by atoms with van der Waals surface area (Å²) in [5.41, 5.74) is 0.419. The number of benzene rings is 1. The fourth-order valence-electron chi connectivity index (χ4n) is 3.30. The average Bonchev–Trinajstić information content (AvgIpc) is 3.37. The van der Waals surface area contributed by atoms with Crippen molar-refractivity contribution in [3.63, 3.8) is 0 Å². The number of ether oxygens (including phenoxy) is 1. The van der Waals surface area contributed by atoms with Crippen LogP contribution in [-0.4, -0.2) is 56.8 Å². The first-order valence-corrected chi connectivity index (χ1v) is 11.1. The third kappa shape index (κ3) is 5.37. The Kier molecular flexibility index (Phi) is 6.94. The van der Waals surface area contributed by atoms with Crippen molar-refractivity contribution < 1.29 is 22.4 Å². The molecule has 1 amide bonds. The van der Waals surface area contributed by atoms with Gasteiger partial charge in [-0.2, -0.15) is 4.31 Å². The predicted octanol–water partition coefficient (Wildman–Crippen LogP) is 2.53. The number of carbonyl (C=O) groups is 1. The van der Waals surface area contributed by atoms with E-state index in [2.05, 4.69) is 5.32 Å². The van der Waals surface area contributed by atoms with E-state index in [1.54, 1.807) is 31.4 Å². The number of likely N-dealkylation sites (N-methyl/N-ethyl adjacent to an activating group) is 1. The summed E-state index contributed by atoms with van der Waals surface area (Å²) in [4.78, 5) is 14.3. The summed E-state index contributed by atoms with van der Waals surface area (Å²) in [6.45, 7) is 3.80. The van der Waals surface area contributed by atoms with Gasteiger partial charge in [-0.15, -0.1) is 0 Å². The summed E-state index contributed by atoms with van der Waals surface area (Å²) < 4.78 is 38.4. The lowest BCUT2D eigenvalue weighted by Gasteiger charge is -2.19. The average molecular weight is 422 g/mol. The van der Waals surface area contributed by atoms with Crippen LogP contribution in [0.2, 0.25) is 0 Å². The van der Waals surface area contributed by atoms with Crippen LogP contribution >= 0.6 is 0 Å². The van der Waals surface area contributed by atoms with Crippen LogP contribution in [0.25, 0.3) is 0 Å². The minimum atomic E-state index is -3.67. The third-order valence-electron chi connectivity index (χ3n) is 4.63. The molecule has 0 atom stereocenters. The normalized spacial score (nSPS) is 15.0. The molecule has 158 valence electrons. The molecule has 1 aromatic heterocycles. The molecule has 1 aliphatic rings. The topological polar surface area (TPSA) is 92.1 Å². The highest BCUT2D eigenvalue weighted by molar-refractivity contribution is 7.89. The molecule has 0 spiro atoms. The lowest BCUT2D eigenvalue weighted by Crippen LogP contribution is -2.30. The van der Waals surface area contributed by atoms with Crippen molar-refractivity contribution in [1.82, 2.24) is 9.21 Å². The van der Waals surface area contributed by atoms with Gasteiger partial charge in [0.05, 0.1) is 26.0 Å². The first kappa shape index (κ1) is 21.4. The standard InChI is InChI=1S/C20H27N3O5S/c1-3-27-18-9-8-16(13-19(18)29(25,26)23-10-4-5-11-23)21-20(24)15-22(2)14-17-7-6-12-28-17/h6-9,12-13H,3-5,10-11,14-15H2,1-2H3,(H,21,24). The Morgan fingerprint density at radius 2 is 2.03 bits per heavy atom. The summed E-state index contributed by atoms with van der Waals surface area (Å²) >= 11 is 0. The van der Waals surface area contributed by atoms with Crippen LogP contribution in [0.15, 0.2) is 45.9 Å². The molecule has 0 saturated carbocycles. The molecule has 2 heterocycles. The van der Waals surface area contributed by atoms with Gasteiger partial charge in [-0.1, -0.05) is 0 Å². The van der Waals surface area contributed by atoms with Gasteiger partial charge < -0.3 is 14.5 Å². The SMILES string of the molecule is CCOc1ccc(NC(=O)CN(C)Cc2ccco2)cc1S(=O)(=O)N1CCCC1. The van der Waals surface area contributed by atoms with Gasteiger partial charge in [0, 0.05) is 18.8 Å². The molecule has 9 heteroatoms. The molecule has 8 nitrogen and oxygen atoms in total. The van der Waals surface area contributed by atoms with Crippen molar-refractivity contribution in [3.05, 3.63) is 42.4 Å². The van der Waals surface area contributed by atoms with Crippen LogP contribution in [-0.2, 0) is 21.4 Å². The molecule has 0 bridgehead atoms. The van der Waals surface area contributed by atoms with E-state index in [4.69, 9.17) is 9.15 Å². The van der Waals surface area contributed by atoms with Crippen LogP contribution < -0.4 is 10.1 Å². The number of rotatable bonds is 9. The highest BCUT2D eigenvalue weighted by atomic mass is 32.2. The second-order valence-electron chi connectivity index (χ2n) is 7.01. The highest BCUT2D eigenvalue weighted by Gasteiger charge is 2.30. The Labute approximate surface area is 171 Å². The van der Waals surface area contributed by atoms with Crippen molar-refractivity contribution in [2.75, 3.05) is 38.6 Å². The van der Waals surface area contributed by atoms with Gasteiger partial charge in [-0.05, 0) is 57.1 Å². The Balaban J connectivity index is 1.73. The zero-order valence-electron chi connectivity index (χ0n) is 16.8. The Morgan fingerprint density at radius 1 is 1.28 bits per heavy atom. The maximum absolute atomic E-state index is 13.0. The minimum absolute atomic E-state index is 0.0861. The quantitative estimate of drug-likeness (QED) is 0.669. The van der Waals surface area contributed by atoms with Crippen LogP contribution in [0.1, 0.15) is 25.5 Å². The fraction of sp³-hybridized carbons (Fsp3) is 0.450. The number of hydrogen-bond donors (Lipinski definition) is 1. The van der Waals surface area contributed by atoms with Crippen LogP contribution in [0.5, 0.6) is 5.75 Å². The predicted molar refractivity (Wildman–Crippen MR) is 109 cm³/mol. The first-order valence-electron chi connectivity index (χ1n) is 9.68. The molecule has 2 aromatic rings. The summed E-state index contributed by atoms with van der Waals surface area (Å²) in [6, 6.07) is 8.36. The van der Waals surface area contributed by atoms with Gasteiger partial charge >= 0.3 is 0 Å². The number of sulfonamides is 1. The molecule has 1 fully saturated rings. The molecule has 1 aromatic carbocycles. The third-order valence-corrected chi connectivity index (χ3v) is 6.55. The molecule has 0 radical (unpaired) electrons. The van der Waals surface area contributed by atoms with E-state index in [0.717, 1.165) is 18.6 Å². The van der Waals surface area contributed by atoms with Crippen molar-refractivity contribution in [2.24, 2.45) is 0 Å². The van der Waals surface area contributed by atoms with Gasteiger partial charge in [-0.3, -0.25) is 9.69 Å². The number of nitrogens with one attached hydrogen (secondary N) is 1. The minimum Gasteiger partial charge on any atom is -0.492 e. The number of nitrogens with zero attached hydrogens (tertiary/aromatic N) is 2. The zero-order valence-corrected chi connectivity index (χ0v) is 17.6. The zero-order chi connectivity index (χ0) is 20.9. The van der Waals surface area contributed by atoms with E-state index in [9.17, 15) is 13.2 Å². The molecule has 0 aliphatic carbocycles. The van der Waals surface area contributed by atoms with E-state index in [1.165, 1.54) is 10.4 Å². The monoisotopic (exact) mass is 421 g/mol. The van der Waals surface area contributed by atoms with Crippen LogP contribution in [0.4, 0.5) is 5.69 Å². The number of hydrogen-bond acceptors (Lipinski definition) is 6. The smallest absolute Gasteiger partial charge is 0.246 e. The van der Waals surface area contributed by atoms with Crippen molar-refractivity contribution in [3.8, 4) is 5.75 Å². The van der Waals surface area contributed by atoms with Crippen molar-refractivity contribution in [1.29, 1.82) is 0 Å². The molecule has 3 rings (SSSR count). The van der Waals surface area contributed by atoms with Crippen molar-refractivity contribution >= 4 is 21.6 Å². The lowest BCUT2D eigenvalue weighted by molar-refractivity contribution is -0.117. The maximum atomic E-state index is 13.0. The van der Waals surface area contributed by atoms with E-state index >= 15 is 0 Å². The summed E-state index contributed by atoms with van der Waals surface area (Å²) in [5.74, 6) is 0.820. The van der Waals surface area contributed by atoms with Gasteiger partial charge in [0.15, 0.2) is 0 Å². The number of carbonyl (C=O) groups excluding carboxylic acids is 1. The molecule has 29 heavy (non-hydrogen) atoms. The Morgan fingerprint density at radius 3 is 2.69 bits per heavy atom. The lowest BCUT2D eigenvalue weighted by atomic mass is 10.3. The molecule has 1 saturated heterocycles. The summed E-state index contributed by atoms with van der Waals surface area (Å²) in [7, 11) is -1.86. The molecular formula is C20H27N3O5S. The fourth-order valence-corrected chi connectivity index (χ4v) is 4.97. The molecule has 1 aliphatic heterocycles. The van der Waals surface area contributed by atoms with Gasteiger partial charge in [0.25, 0.3) is 0 Å².